The van der Waals surface area contributed by atoms with Crippen LogP contribution in [0.5, 0.6) is 5.75 Å². The van der Waals surface area contributed by atoms with E-state index in [1.54, 1.807) is 12.1 Å². The Morgan fingerprint density at radius 2 is 1.86 bits per heavy atom. The third-order valence-electron chi connectivity index (χ3n) is 4.16. The molecule has 3 aromatic rings. The summed E-state index contributed by atoms with van der Waals surface area (Å²) in [5.41, 5.74) is 2.01. The molecule has 0 aliphatic rings. The largest absolute Gasteiger partial charge is 0.491 e. The van der Waals surface area contributed by atoms with E-state index in [1.807, 2.05) is 69.3 Å². The molecule has 1 aromatic heterocycles. The molecular formula is C23H25NO4S. The minimum atomic E-state index is -1.22. The molecule has 1 N–H and O–H groups in total. The molecule has 6 heteroatoms. The highest BCUT2D eigenvalue weighted by molar-refractivity contribution is 7.84. The zero-order chi connectivity index (χ0) is 20.8. The predicted molar refractivity (Wildman–Crippen MR) is 113 cm³/mol. The average molecular weight is 412 g/mol. The van der Waals surface area contributed by atoms with E-state index in [4.69, 9.17) is 9.15 Å². The van der Waals surface area contributed by atoms with E-state index in [9.17, 15) is 9.00 Å². The topological polar surface area (TPSA) is 68.5 Å². The van der Waals surface area contributed by atoms with Gasteiger partial charge < -0.3 is 14.5 Å². The number of hydrogen-bond donors (Lipinski definition) is 1. The van der Waals surface area contributed by atoms with Gasteiger partial charge in [-0.2, -0.15) is 0 Å². The first-order valence-corrected chi connectivity index (χ1v) is 10.8. The van der Waals surface area contributed by atoms with Gasteiger partial charge in [-0.15, -0.1) is 0 Å². The molecule has 3 rings (SSSR count). The number of hydrogen-bond acceptors (Lipinski definition) is 4. The van der Waals surface area contributed by atoms with Crippen LogP contribution in [0.15, 0.2) is 70.0 Å². The Kier molecular flexibility index (Phi) is 6.88. The van der Waals surface area contributed by atoms with Crippen molar-refractivity contribution in [1.29, 1.82) is 0 Å². The predicted octanol–water partition coefficient (Wildman–Crippen LogP) is 4.61. The van der Waals surface area contributed by atoms with Gasteiger partial charge in [-0.3, -0.25) is 9.00 Å². The Morgan fingerprint density at radius 3 is 2.55 bits per heavy atom. The number of carbonyl (C=O) groups excluding carboxylic acids is 1. The number of ether oxygens (including phenoxy) is 1. The van der Waals surface area contributed by atoms with Crippen LogP contribution in [0.1, 0.15) is 41.3 Å². The van der Waals surface area contributed by atoms with Gasteiger partial charge in [0.15, 0.2) is 5.76 Å². The minimum Gasteiger partial charge on any atom is -0.491 e. The summed E-state index contributed by atoms with van der Waals surface area (Å²) >= 11 is 0. The van der Waals surface area contributed by atoms with Gasteiger partial charge in [-0.1, -0.05) is 24.3 Å². The normalized spacial score (nSPS) is 12.0. The Hall–Kier alpha value is -2.86. The molecular weight excluding hydrogens is 386 g/mol. The minimum absolute atomic E-state index is 0.119. The van der Waals surface area contributed by atoms with E-state index in [0.717, 1.165) is 21.8 Å². The first-order valence-electron chi connectivity index (χ1n) is 9.48. The molecule has 1 heterocycles. The van der Waals surface area contributed by atoms with E-state index in [0.29, 0.717) is 12.3 Å². The molecule has 5 nitrogen and oxygen atoms in total. The summed E-state index contributed by atoms with van der Waals surface area (Å²) in [6.45, 7) is 6.29. The van der Waals surface area contributed by atoms with E-state index in [1.165, 1.54) is 0 Å². The fraction of sp³-hybridized carbons (Fsp3) is 0.261. The van der Waals surface area contributed by atoms with Crippen molar-refractivity contribution >= 4 is 16.7 Å². The lowest BCUT2D eigenvalue weighted by Gasteiger charge is -2.10. The van der Waals surface area contributed by atoms with Gasteiger partial charge in [0.1, 0.15) is 11.5 Å². The number of benzene rings is 2. The zero-order valence-corrected chi connectivity index (χ0v) is 17.6. The smallest absolute Gasteiger partial charge is 0.287 e. The summed E-state index contributed by atoms with van der Waals surface area (Å²) in [4.78, 5) is 13.1. The second-order valence-electron chi connectivity index (χ2n) is 7.07. The highest BCUT2D eigenvalue weighted by atomic mass is 32.2. The Morgan fingerprint density at radius 1 is 1.10 bits per heavy atom. The quantitative estimate of drug-likeness (QED) is 0.588. The molecule has 0 saturated carbocycles. The van der Waals surface area contributed by atoms with Gasteiger partial charge >= 0.3 is 0 Å². The van der Waals surface area contributed by atoms with Gasteiger partial charge in [0, 0.05) is 11.4 Å². The molecule has 0 saturated heterocycles. The number of aryl methyl sites for hydroxylation is 1. The van der Waals surface area contributed by atoms with Crippen LogP contribution < -0.4 is 10.1 Å². The van der Waals surface area contributed by atoms with Crippen molar-refractivity contribution in [3.63, 3.8) is 0 Å². The molecule has 0 unspecified atom stereocenters. The van der Waals surface area contributed by atoms with Gasteiger partial charge in [-0.25, -0.2) is 0 Å². The second-order valence-corrected chi connectivity index (χ2v) is 8.52. The Balaban J connectivity index is 1.54. The van der Waals surface area contributed by atoms with Crippen molar-refractivity contribution in [3.8, 4) is 5.75 Å². The molecule has 1 amide bonds. The maximum absolute atomic E-state index is 12.5. The monoisotopic (exact) mass is 411 g/mol. The average Bonchev–Trinajstić information content (AvgIpc) is 3.15. The van der Waals surface area contributed by atoms with Crippen molar-refractivity contribution in [2.24, 2.45) is 0 Å². The summed E-state index contributed by atoms with van der Waals surface area (Å²) in [5.74, 6) is 1.45. The number of rotatable bonds is 8. The summed E-state index contributed by atoms with van der Waals surface area (Å²) in [5, 5.41) is 2.83. The van der Waals surface area contributed by atoms with Crippen molar-refractivity contribution in [3.05, 3.63) is 83.3 Å². The highest BCUT2D eigenvalue weighted by Crippen LogP contribution is 2.17. The van der Waals surface area contributed by atoms with Crippen LogP contribution in [-0.2, 0) is 23.1 Å². The standard InChI is InChI=1S/C23H25NO4S/c1-16(2)27-19-9-7-18(8-10-19)14-24-23(25)22-12-11-20(28-22)15-29(26)21-6-4-5-17(3)13-21/h4-13,16H,14-15H2,1-3H3,(H,24,25)/t29-/m1/s1. The maximum Gasteiger partial charge on any atom is 0.287 e. The summed E-state index contributed by atoms with van der Waals surface area (Å²) in [7, 11) is -1.22. The number of carbonyl (C=O) groups is 1. The van der Waals surface area contributed by atoms with Crippen LogP contribution in [-0.4, -0.2) is 16.2 Å². The zero-order valence-electron chi connectivity index (χ0n) is 16.8. The molecule has 0 radical (unpaired) electrons. The van der Waals surface area contributed by atoms with Crippen molar-refractivity contribution in [1.82, 2.24) is 5.32 Å². The Labute approximate surface area is 173 Å². The van der Waals surface area contributed by atoms with Crippen LogP contribution in [0.3, 0.4) is 0 Å². The number of amides is 1. The van der Waals surface area contributed by atoms with Crippen molar-refractivity contribution < 1.29 is 18.2 Å². The van der Waals surface area contributed by atoms with Gasteiger partial charge in [-0.05, 0) is 68.3 Å². The second kappa shape index (κ2) is 9.56. The van der Waals surface area contributed by atoms with E-state index in [-0.39, 0.29) is 23.5 Å². The van der Waals surface area contributed by atoms with Crippen LogP contribution >= 0.6 is 0 Å². The number of furan rings is 1. The highest BCUT2D eigenvalue weighted by Gasteiger charge is 2.14. The van der Waals surface area contributed by atoms with Crippen molar-refractivity contribution in [2.75, 3.05) is 0 Å². The molecule has 29 heavy (non-hydrogen) atoms. The van der Waals surface area contributed by atoms with E-state index in [2.05, 4.69) is 5.32 Å². The van der Waals surface area contributed by atoms with Crippen molar-refractivity contribution in [2.45, 2.75) is 44.1 Å². The summed E-state index contributed by atoms with van der Waals surface area (Å²) in [6.07, 6.45) is 0.119. The molecule has 0 aliphatic heterocycles. The molecule has 2 aromatic carbocycles. The van der Waals surface area contributed by atoms with Crippen LogP contribution in [0.25, 0.3) is 0 Å². The molecule has 1 atom stereocenters. The maximum atomic E-state index is 12.5. The van der Waals surface area contributed by atoms with Crippen LogP contribution in [0.2, 0.25) is 0 Å². The first kappa shape index (κ1) is 20.9. The lowest BCUT2D eigenvalue weighted by atomic mass is 10.2. The van der Waals surface area contributed by atoms with Crippen LogP contribution in [0, 0.1) is 6.92 Å². The van der Waals surface area contributed by atoms with E-state index < -0.39 is 10.8 Å². The lowest BCUT2D eigenvalue weighted by molar-refractivity contribution is 0.0921. The van der Waals surface area contributed by atoms with Gasteiger partial charge in [0.2, 0.25) is 0 Å². The molecule has 0 fully saturated rings. The molecule has 0 bridgehead atoms. The molecule has 0 spiro atoms. The Bertz CT molecular complexity index is 992. The molecule has 152 valence electrons. The summed E-state index contributed by atoms with van der Waals surface area (Å²) < 4.78 is 23.7. The molecule has 0 aliphatic carbocycles. The third kappa shape index (κ3) is 6.06. The fourth-order valence-electron chi connectivity index (χ4n) is 2.77. The summed E-state index contributed by atoms with van der Waals surface area (Å²) in [6, 6.07) is 18.5. The van der Waals surface area contributed by atoms with Gasteiger partial charge in [0.05, 0.1) is 22.7 Å². The van der Waals surface area contributed by atoms with E-state index >= 15 is 0 Å². The van der Waals surface area contributed by atoms with Crippen LogP contribution in [0.4, 0.5) is 0 Å². The lowest BCUT2D eigenvalue weighted by Crippen LogP contribution is -2.22. The van der Waals surface area contributed by atoms with Gasteiger partial charge in [0.25, 0.3) is 5.91 Å². The SMILES string of the molecule is Cc1cccc([S@](=O)Cc2ccc(C(=O)NCc3ccc(OC(C)C)cc3)o2)c1. The fourth-order valence-corrected chi connectivity index (χ4v) is 3.90. The third-order valence-corrected chi connectivity index (χ3v) is 5.49. The number of nitrogens with one attached hydrogen (secondary N) is 1. The first-order chi connectivity index (χ1) is 13.9.